The van der Waals surface area contributed by atoms with E-state index in [0.29, 0.717) is 43.9 Å². The fraction of sp³-hybridized carbons (Fsp3) is 0.276. The van der Waals surface area contributed by atoms with Crippen LogP contribution in [0.2, 0.25) is 0 Å². The van der Waals surface area contributed by atoms with Crippen LogP contribution >= 0.6 is 11.8 Å². The Kier molecular flexibility index (Phi) is 8.42. The summed E-state index contributed by atoms with van der Waals surface area (Å²) in [5.74, 6) is 0.713. The summed E-state index contributed by atoms with van der Waals surface area (Å²) < 4.78 is 0. The van der Waals surface area contributed by atoms with Gasteiger partial charge in [0.25, 0.3) is 5.91 Å². The van der Waals surface area contributed by atoms with Crippen LogP contribution in [0, 0.1) is 25.2 Å². The predicted octanol–water partition coefficient (Wildman–Crippen LogP) is 4.86. The molecule has 0 aromatic heterocycles. The van der Waals surface area contributed by atoms with E-state index < -0.39 is 0 Å². The third kappa shape index (κ3) is 6.34. The van der Waals surface area contributed by atoms with Crippen molar-refractivity contribution in [2.24, 2.45) is 0 Å². The number of rotatable bonds is 7. The second-order valence-electron chi connectivity index (χ2n) is 8.96. The van der Waals surface area contributed by atoms with Gasteiger partial charge in [0.15, 0.2) is 0 Å². The molecule has 4 rings (SSSR count). The largest absolute Gasteiger partial charge is 0.336 e. The zero-order chi connectivity index (χ0) is 25.5. The van der Waals surface area contributed by atoms with Crippen molar-refractivity contribution < 1.29 is 9.59 Å². The Morgan fingerprint density at radius 2 is 1.67 bits per heavy atom. The van der Waals surface area contributed by atoms with Crippen LogP contribution in [0.3, 0.4) is 0 Å². The molecular weight excluding hydrogens is 468 g/mol. The zero-order valence-electron chi connectivity index (χ0n) is 20.7. The van der Waals surface area contributed by atoms with Gasteiger partial charge in [0.05, 0.1) is 23.7 Å². The van der Waals surface area contributed by atoms with Crippen molar-refractivity contribution in [2.75, 3.05) is 38.0 Å². The number of aryl methyl sites for hydroxylation is 1. The minimum Gasteiger partial charge on any atom is -0.336 e. The molecule has 0 aliphatic carbocycles. The van der Waals surface area contributed by atoms with Gasteiger partial charge in [0.2, 0.25) is 5.91 Å². The Balaban J connectivity index is 1.31. The highest BCUT2D eigenvalue weighted by atomic mass is 32.2. The number of amides is 2. The van der Waals surface area contributed by atoms with Crippen molar-refractivity contribution in [3.8, 4) is 6.07 Å². The summed E-state index contributed by atoms with van der Waals surface area (Å²) in [7, 11) is 0. The zero-order valence-corrected chi connectivity index (χ0v) is 21.5. The predicted molar refractivity (Wildman–Crippen MR) is 144 cm³/mol. The average molecular weight is 499 g/mol. The summed E-state index contributed by atoms with van der Waals surface area (Å²) in [5.41, 5.74) is 5.53. The van der Waals surface area contributed by atoms with Crippen molar-refractivity contribution in [2.45, 2.75) is 24.5 Å². The average Bonchev–Trinajstić information content (AvgIpc) is 2.90. The molecule has 1 aliphatic heterocycles. The Hall–Kier alpha value is -3.60. The highest BCUT2D eigenvalue weighted by Crippen LogP contribution is 2.28. The number of hydrogen-bond acceptors (Lipinski definition) is 5. The van der Waals surface area contributed by atoms with Crippen LogP contribution in [0.4, 0.5) is 5.69 Å². The highest BCUT2D eigenvalue weighted by Gasteiger charge is 2.25. The van der Waals surface area contributed by atoms with Gasteiger partial charge >= 0.3 is 0 Å². The molecule has 1 N–H and O–H groups in total. The van der Waals surface area contributed by atoms with Crippen LogP contribution in [0.25, 0.3) is 0 Å². The van der Waals surface area contributed by atoms with Crippen molar-refractivity contribution in [1.29, 1.82) is 5.26 Å². The summed E-state index contributed by atoms with van der Waals surface area (Å²) in [4.78, 5) is 30.8. The number of benzene rings is 3. The molecule has 1 fully saturated rings. The van der Waals surface area contributed by atoms with Crippen LogP contribution in [-0.4, -0.2) is 54.3 Å². The van der Waals surface area contributed by atoms with Crippen LogP contribution in [0.1, 0.15) is 32.6 Å². The molecule has 0 saturated carbocycles. The van der Waals surface area contributed by atoms with E-state index in [0.717, 1.165) is 33.0 Å². The van der Waals surface area contributed by atoms with E-state index in [1.165, 1.54) is 0 Å². The van der Waals surface area contributed by atoms with Crippen molar-refractivity contribution >= 4 is 29.3 Å². The van der Waals surface area contributed by atoms with Crippen molar-refractivity contribution in [3.63, 3.8) is 0 Å². The molecule has 0 spiro atoms. The molecule has 0 bridgehead atoms. The van der Waals surface area contributed by atoms with Gasteiger partial charge in [-0.05, 0) is 60.9 Å². The minimum atomic E-state index is -0.0342. The monoisotopic (exact) mass is 498 g/mol. The molecule has 184 valence electrons. The Bertz CT molecular complexity index is 1280. The summed E-state index contributed by atoms with van der Waals surface area (Å²) >= 11 is 1.62. The standard InChI is InChI=1S/C29H30N4O2S/c1-21-6-5-8-26(22(21)2)31-28(34)19-32-14-16-33(17-15-32)29(35)25-7-3-4-9-27(25)36-20-24-12-10-23(18-30)11-13-24/h3-13H,14-17,19-20H2,1-2H3,(H,31,34). The number of anilines is 1. The smallest absolute Gasteiger partial charge is 0.255 e. The first kappa shape index (κ1) is 25.5. The van der Waals surface area contributed by atoms with Gasteiger partial charge in [0.1, 0.15) is 0 Å². The maximum Gasteiger partial charge on any atom is 0.255 e. The topological polar surface area (TPSA) is 76.4 Å². The maximum absolute atomic E-state index is 13.3. The molecule has 3 aromatic carbocycles. The first-order chi connectivity index (χ1) is 17.4. The molecular formula is C29H30N4O2S. The van der Waals surface area contributed by atoms with Crippen LogP contribution in [-0.2, 0) is 10.5 Å². The molecule has 3 aromatic rings. The van der Waals surface area contributed by atoms with Crippen LogP contribution in [0.15, 0.2) is 71.6 Å². The number of carbonyl (C=O) groups is 2. The normalized spacial score (nSPS) is 13.8. The van der Waals surface area contributed by atoms with Crippen LogP contribution < -0.4 is 5.32 Å². The Morgan fingerprint density at radius 3 is 2.39 bits per heavy atom. The lowest BCUT2D eigenvalue weighted by atomic mass is 10.1. The van der Waals surface area contributed by atoms with E-state index in [2.05, 4.69) is 16.3 Å². The molecule has 7 heteroatoms. The lowest BCUT2D eigenvalue weighted by Gasteiger charge is -2.34. The highest BCUT2D eigenvalue weighted by molar-refractivity contribution is 7.98. The molecule has 1 saturated heterocycles. The van der Waals surface area contributed by atoms with Gasteiger partial charge in [-0.25, -0.2) is 0 Å². The van der Waals surface area contributed by atoms with E-state index >= 15 is 0 Å². The first-order valence-electron chi connectivity index (χ1n) is 12.0. The van der Waals surface area contributed by atoms with Gasteiger partial charge < -0.3 is 10.2 Å². The summed E-state index contributed by atoms with van der Waals surface area (Å²) in [6.45, 7) is 6.85. The third-order valence-corrected chi connectivity index (χ3v) is 7.64. The summed E-state index contributed by atoms with van der Waals surface area (Å²) in [6.07, 6.45) is 0. The van der Waals surface area contributed by atoms with Crippen molar-refractivity contribution in [3.05, 3.63) is 94.5 Å². The number of thioether (sulfide) groups is 1. The number of hydrogen-bond donors (Lipinski definition) is 1. The fourth-order valence-electron chi connectivity index (χ4n) is 4.16. The molecule has 1 aliphatic rings. The summed E-state index contributed by atoms with van der Waals surface area (Å²) in [6, 6.07) is 23.3. The molecule has 0 unspecified atom stereocenters. The number of nitrogens with one attached hydrogen (secondary N) is 1. The van der Waals surface area contributed by atoms with Crippen molar-refractivity contribution in [1.82, 2.24) is 9.80 Å². The lowest BCUT2D eigenvalue weighted by Crippen LogP contribution is -2.50. The van der Waals surface area contributed by atoms with Gasteiger partial charge in [-0.3, -0.25) is 14.5 Å². The Labute approximate surface area is 216 Å². The fourth-order valence-corrected chi connectivity index (χ4v) is 5.16. The van der Waals surface area contributed by atoms with Gasteiger partial charge in [-0.15, -0.1) is 11.8 Å². The quantitative estimate of drug-likeness (QED) is 0.471. The second kappa shape index (κ2) is 11.9. The van der Waals surface area contributed by atoms with Crippen LogP contribution in [0.5, 0.6) is 0 Å². The van der Waals surface area contributed by atoms with Gasteiger partial charge in [-0.1, -0.05) is 36.4 Å². The lowest BCUT2D eigenvalue weighted by molar-refractivity contribution is -0.117. The number of nitrogens with zero attached hydrogens (tertiary/aromatic N) is 3. The molecule has 2 amide bonds. The molecule has 1 heterocycles. The minimum absolute atomic E-state index is 0.0254. The number of carbonyl (C=O) groups excluding carboxylic acids is 2. The van der Waals surface area contributed by atoms with Gasteiger partial charge in [0, 0.05) is 42.5 Å². The van der Waals surface area contributed by atoms with E-state index in [9.17, 15) is 9.59 Å². The number of nitriles is 1. The van der Waals surface area contributed by atoms with Gasteiger partial charge in [-0.2, -0.15) is 5.26 Å². The summed E-state index contributed by atoms with van der Waals surface area (Å²) in [5, 5.41) is 12.0. The molecule has 36 heavy (non-hydrogen) atoms. The third-order valence-electron chi connectivity index (χ3n) is 6.50. The maximum atomic E-state index is 13.3. The van der Waals surface area contributed by atoms with E-state index in [1.54, 1.807) is 11.8 Å². The molecule has 0 radical (unpaired) electrons. The number of piperazine rings is 1. The van der Waals surface area contributed by atoms with E-state index in [1.807, 2.05) is 85.5 Å². The first-order valence-corrected chi connectivity index (χ1v) is 13.0. The molecule has 6 nitrogen and oxygen atoms in total. The van der Waals surface area contributed by atoms with E-state index in [-0.39, 0.29) is 11.8 Å². The SMILES string of the molecule is Cc1cccc(NC(=O)CN2CCN(C(=O)c3ccccc3SCc3ccc(C#N)cc3)CC2)c1C. The second-order valence-corrected chi connectivity index (χ2v) is 9.97. The molecule has 0 atom stereocenters. The van der Waals surface area contributed by atoms with E-state index in [4.69, 9.17) is 5.26 Å². The Morgan fingerprint density at radius 1 is 0.944 bits per heavy atom.